The molecule has 2 atom stereocenters. The lowest BCUT2D eigenvalue weighted by Crippen LogP contribution is -2.49. The topological polar surface area (TPSA) is 68.5 Å². The molecule has 1 fully saturated rings. The van der Waals surface area contributed by atoms with Gasteiger partial charge in [-0.2, -0.15) is 0 Å². The van der Waals surface area contributed by atoms with Crippen LogP contribution < -0.4 is 0 Å². The minimum absolute atomic E-state index is 0.0879. The number of rotatable bonds is 5. The van der Waals surface area contributed by atoms with Gasteiger partial charge in [0.25, 0.3) is 0 Å². The van der Waals surface area contributed by atoms with Crippen molar-refractivity contribution in [3.8, 4) is 0 Å². The molecule has 1 amide bonds. The average Bonchev–Trinajstić information content (AvgIpc) is 3.13. The third kappa shape index (κ3) is 4.05. The van der Waals surface area contributed by atoms with E-state index in [4.69, 9.17) is 9.15 Å². The van der Waals surface area contributed by atoms with E-state index in [1.54, 1.807) is 11.8 Å². The van der Waals surface area contributed by atoms with Crippen LogP contribution >= 0.6 is 15.9 Å². The molecule has 3 aromatic rings. The number of hydrogen-bond donors (Lipinski definition) is 0. The number of ether oxygens (including phenoxy) is 1. The summed E-state index contributed by atoms with van der Waals surface area (Å²) in [4.78, 5) is 14.9. The van der Waals surface area contributed by atoms with Crippen molar-refractivity contribution in [2.75, 3.05) is 6.54 Å². The van der Waals surface area contributed by atoms with Crippen LogP contribution in [0, 0.1) is 6.92 Å². The predicted octanol–water partition coefficient (Wildman–Crippen LogP) is 5.18. The molecule has 7 heteroatoms. The Morgan fingerprint density at radius 3 is 2.48 bits per heavy atom. The van der Waals surface area contributed by atoms with Gasteiger partial charge in [0, 0.05) is 24.4 Å². The first-order chi connectivity index (χ1) is 14.0. The van der Waals surface area contributed by atoms with E-state index < -0.39 is 5.60 Å². The van der Waals surface area contributed by atoms with Gasteiger partial charge >= 0.3 is 6.09 Å². The van der Waals surface area contributed by atoms with Crippen LogP contribution in [0.15, 0.2) is 63.5 Å². The molecule has 4 rings (SSSR count). The lowest BCUT2D eigenvalue weighted by atomic mass is 9.85. The SMILES string of the molecule is Cc1nnc(CC2(c3ccccc3)CCN([C@@H](C)c3ccc(Br)cc3)C(=O)O2)o1. The van der Waals surface area contributed by atoms with E-state index in [1.807, 2.05) is 61.5 Å². The van der Waals surface area contributed by atoms with Crippen LogP contribution in [0.1, 0.15) is 42.3 Å². The highest BCUT2D eigenvalue weighted by molar-refractivity contribution is 9.10. The van der Waals surface area contributed by atoms with E-state index in [0.29, 0.717) is 31.2 Å². The second-order valence-corrected chi connectivity index (χ2v) is 8.21. The molecule has 0 saturated carbocycles. The molecule has 2 heterocycles. The summed E-state index contributed by atoms with van der Waals surface area (Å²) in [5, 5.41) is 8.03. The minimum atomic E-state index is -0.826. The molecule has 0 bridgehead atoms. The molecule has 150 valence electrons. The highest BCUT2D eigenvalue weighted by Gasteiger charge is 2.44. The number of carbonyl (C=O) groups is 1. The Labute approximate surface area is 178 Å². The Hall–Kier alpha value is -2.67. The number of aromatic nitrogens is 2. The Kier molecular flexibility index (Phi) is 5.41. The second-order valence-electron chi connectivity index (χ2n) is 7.29. The minimum Gasteiger partial charge on any atom is -0.437 e. The van der Waals surface area contributed by atoms with Crippen LogP contribution in [-0.4, -0.2) is 27.7 Å². The van der Waals surface area contributed by atoms with Crippen LogP contribution in [0.3, 0.4) is 0 Å². The molecule has 1 saturated heterocycles. The maximum absolute atomic E-state index is 13.1. The molecule has 2 aromatic carbocycles. The standard InChI is InChI=1S/C22H22BrN3O3/c1-15(17-8-10-19(23)11-9-17)26-13-12-22(29-21(26)27,18-6-4-3-5-7-18)14-20-25-24-16(2)28-20/h3-11,15H,12-14H2,1-2H3/t15-,22?/m0/s1. The molecular weight excluding hydrogens is 434 g/mol. The number of nitrogens with zero attached hydrogens (tertiary/aromatic N) is 3. The smallest absolute Gasteiger partial charge is 0.411 e. The van der Waals surface area contributed by atoms with Crippen molar-refractivity contribution in [1.29, 1.82) is 0 Å². The number of benzene rings is 2. The van der Waals surface area contributed by atoms with E-state index >= 15 is 0 Å². The van der Waals surface area contributed by atoms with E-state index in [0.717, 1.165) is 15.6 Å². The summed E-state index contributed by atoms with van der Waals surface area (Å²) < 4.78 is 12.7. The lowest BCUT2D eigenvalue weighted by molar-refractivity contribution is -0.0633. The number of aryl methyl sites for hydroxylation is 1. The van der Waals surface area contributed by atoms with Gasteiger partial charge in [-0.3, -0.25) is 0 Å². The van der Waals surface area contributed by atoms with Gasteiger partial charge < -0.3 is 14.1 Å². The van der Waals surface area contributed by atoms with Crippen molar-refractivity contribution in [2.24, 2.45) is 0 Å². The van der Waals surface area contributed by atoms with Crippen molar-refractivity contribution in [2.45, 2.75) is 38.3 Å². The van der Waals surface area contributed by atoms with E-state index in [-0.39, 0.29) is 12.1 Å². The van der Waals surface area contributed by atoms with Crippen LogP contribution in [0.25, 0.3) is 0 Å². The Bertz CT molecular complexity index is 990. The van der Waals surface area contributed by atoms with Crippen molar-refractivity contribution in [3.63, 3.8) is 0 Å². The Morgan fingerprint density at radius 1 is 1.14 bits per heavy atom. The fourth-order valence-corrected chi connectivity index (χ4v) is 4.03. The fourth-order valence-electron chi connectivity index (χ4n) is 3.77. The molecule has 29 heavy (non-hydrogen) atoms. The second kappa shape index (κ2) is 7.99. The van der Waals surface area contributed by atoms with Crippen molar-refractivity contribution in [1.82, 2.24) is 15.1 Å². The first kappa shape index (κ1) is 19.6. The van der Waals surface area contributed by atoms with Gasteiger partial charge in [0.05, 0.1) is 12.5 Å². The summed E-state index contributed by atoms with van der Waals surface area (Å²) in [6.45, 7) is 4.33. The van der Waals surface area contributed by atoms with Crippen LogP contribution in [0.2, 0.25) is 0 Å². The average molecular weight is 456 g/mol. The number of amides is 1. The lowest BCUT2D eigenvalue weighted by Gasteiger charge is -2.43. The molecule has 1 unspecified atom stereocenters. The van der Waals surface area contributed by atoms with Gasteiger partial charge in [-0.05, 0) is 30.2 Å². The zero-order valence-corrected chi connectivity index (χ0v) is 17.9. The largest absolute Gasteiger partial charge is 0.437 e. The highest BCUT2D eigenvalue weighted by atomic mass is 79.9. The van der Waals surface area contributed by atoms with Crippen molar-refractivity contribution >= 4 is 22.0 Å². The Morgan fingerprint density at radius 2 is 1.86 bits per heavy atom. The number of carbonyl (C=O) groups excluding carboxylic acids is 1. The van der Waals surface area contributed by atoms with Crippen molar-refractivity contribution < 1.29 is 13.9 Å². The summed E-state index contributed by atoms with van der Waals surface area (Å²) >= 11 is 3.45. The van der Waals surface area contributed by atoms with Crippen molar-refractivity contribution in [3.05, 3.63) is 82.0 Å². The third-order valence-corrected chi connectivity index (χ3v) is 5.93. The molecule has 0 spiro atoms. The maximum atomic E-state index is 13.1. The molecule has 0 N–H and O–H groups in total. The van der Waals surface area contributed by atoms with E-state index in [9.17, 15) is 4.79 Å². The van der Waals surface area contributed by atoms with Gasteiger partial charge in [-0.1, -0.05) is 58.4 Å². The molecule has 1 aliphatic rings. The molecule has 1 aliphatic heterocycles. The molecule has 0 aliphatic carbocycles. The summed E-state index contributed by atoms with van der Waals surface area (Å²) in [5.74, 6) is 0.962. The highest BCUT2D eigenvalue weighted by Crippen LogP contribution is 2.39. The van der Waals surface area contributed by atoms with E-state index in [1.165, 1.54) is 0 Å². The zero-order chi connectivity index (χ0) is 20.4. The van der Waals surface area contributed by atoms with Gasteiger partial charge in [-0.25, -0.2) is 4.79 Å². The number of hydrogen-bond acceptors (Lipinski definition) is 5. The maximum Gasteiger partial charge on any atom is 0.411 e. The van der Waals surface area contributed by atoms with Crippen LogP contribution in [-0.2, 0) is 16.8 Å². The number of cyclic esters (lactones) is 1. The number of halogens is 1. The van der Waals surface area contributed by atoms with Crippen LogP contribution in [0.4, 0.5) is 4.79 Å². The normalized spacial score (nSPS) is 20.4. The van der Waals surface area contributed by atoms with E-state index in [2.05, 4.69) is 26.1 Å². The first-order valence-corrected chi connectivity index (χ1v) is 10.4. The molecule has 0 radical (unpaired) electrons. The third-order valence-electron chi connectivity index (χ3n) is 5.40. The zero-order valence-electron chi connectivity index (χ0n) is 16.3. The molecule has 6 nitrogen and oxygen atoms in total. The fraction of sp³-hybridized carbons (Fsp3) is 0.318. The summed E-state index contributed by atoms with van der Waals surface area (Å²) in [6.07, 6.45) is 0.640. The summed E-state index contributed by atoms with van der Waals surface area (Å²) in [5.41, 5.74) is 1.16. The summed E-state index contributed by atoms with van der Waals surface area (Å²) in [7, 11) is 0. The monoisotopic (exact) mass is 455 g/mol. The van der Waals surface area contributed by atoms with Gasteiger partial charge in [0.15, 0.2) is 0 Å². The first-order valence-electron chi connectivity index (χ1n) is 9.56. The van der Waals surface area contributed by atoms with Gasteiger partial charge in [-0.15, -0.1) is 10.2 Å². The van der Waals surface area contributed by atoms with Crippen LogP contribution in [0.5, 0.6) is 0 Å². The van der Waals surface area contributed by atoms with Gasteiger partial charge in [0.2, 0.25) is 11.8 Å². The predicted molar refractivity (Wildman–Crippen MR) is 111 cm³/mol. The molecular formula is C22H22BrN3O3. The quantitative estimate of drug-likeness (QED) is 0.529. The Balaban J connectivity index is 1.60. The molecule has 1 aromatic heterocycles. The van der Waals surface area contributed by atoms with Gasteiger partial charge in [0.1, 0.15) is 5.60 Å². The summed E-state index contributed by atoms with van der Waals surface area (Å²) in [6, 6.07) is 17.7.